The highest BCUT2D eigenvalue weighted by molar-refractivity contribution is 9.10. The topological polar surface area (TPSA) is 103 Å². The summed E-state index contributed by atoms with van der Waals surface area (Å²) >= 11 is 3.40. The van der Waals surface area contributed by atoms with Crippen molar-refractivity contribution in [2.24, 2.45) is 5.10 Å². The van der Waals surface area contributed by atoms with Gasteiger partial charge >= 0.3 is 5.97 Å². The van der Waals surface area contributed by atoms with Gasteiger partial charge < -0.3 is 14.6 Å². The van der Waals surface area contributed by atoms with Gasteiger partial charge in [0, 0.05) is 16.0 Å². The Morgan fingerprint density at radius 1 is 1.33 bits per heavy atom. The monoisotopic (exact) mass is 513 g/mol. The Morgan fingerprint density at radius 3 is 2.73 bits per heavy atom. The molecular weight excluding hydrogens is 490 g/mol. The van der Waals surface area contributed by atoms with Crippen molar-refractivity contribution in [1.29, 1.82) is 0 Å². The normalized spacial score (nSPS) is 11.3. The molecule has 0 saturated heterocycles. The lowest BCUT2D eigenvalue weighted by Gasteiger charge is -2.15. The minimum absolute atomic E-state index is 0.0412. The first kappa shape index (κ1) is 24.2. The molecule has 0 aliphatic carbocycles. The Labute approximate surface area is 199 Å². The summed E-state index contributed by atoms with van der Waals surface area (Å²) in [5.41, 5.74) is 1.65. The highest BCUT2D eigenvalue weighted by atomic mass is 79.9. The summed E-state index contributed by atoms with van der Waals surface area (Å²) in [5.74, 6) is 0.0813. The van der Waals surface area contributed by atoms with Crippen LogP contribution in [0.25, 0.3) is 10.9 Å². The summed E-state index contributed by atoms with van der Waals surface area (Å²) < 4.78 is 12.9. The number of ether oxygens (including phenoxy) is 2. The van der Waals surface area contributed by atoms with Crippen molar-refractivity contribution in [3.8, 4) is 11.5 Å². The lowest BCUT2D eigenvalue weighted by molar-refractivity contribution is -0.139. The zero-order valence-electron chi connectivity index (χ0n) is 18.5. The van der Waals surface area contributed by atoms with E-state index in [0.717, 1.165) is 4.47 Å². The second kappa shape index (κ2) is 10.4. The van der Waals surface area contributed by atoms with Gasteiger partial charge in [0.25, 0.3) is 5.56 Å². The fourth-order valence-electron chi connectivity index (χ4n) is 3.29. The van der Waals surface area contributed by atoms with Crippen LogP contribution in [0.2, 0.25) is 0 Å². The minimum atomic E-state index is -1.09. The number of allylic oxidation sites excluding steroid dienone is 1. The van der Waals surface area contributed by atoms with Crippen molar-refractivity contribution in [1.82, 2.24) is 9.66 Å². The number of benzene rings is 2. The Morgan fingerprint density at radius 2 is 2.09 bits per heavy atom. The predicted octanol–water partition coefficient (Wildman–Crippen LogP) is 4.37. The number of carboxylic acid groups (broad SMARTS) is 1. The number of hydrogen-bond donors (Lipinski definition) is 1. The first-order chi connectivity index (χ1) is 15.7. The van der Waals surface area contributed by atoms with Gasteiger partial charge in [0.1, 0.15) is 5.82 Å². The molecule has 0 spiro atoms. The van der Waals surface area contributed by atoms with E-state index < -0.39 is 12.6 Å². The molecule has 1 heterocycles. The molecule has 3 rings (SSSR count). The summed E-state index contributed by atoms with van der Waals surface area (Å²) in [4.78, 5) is 28.8. The summed E-state index contributed by atoms with van der Waals surface area (Å²) in [7, 11) is 1.47. The molecule has 9 heteroatoms. The van der Waals surface area contributed by atoms with Crippen LogP contribution in [0.4, 0.5) is 0 Å². The number of methoxy groups -OCH3 is 1. The first-order valence-electron chi connectivity index (χ1n) is 10.2. The van der Waals surface area contributed by atoms with Crippen LogP contribution in [0.3, 0.4) is 0 Å². The molecule has 0 fully saturated rings. The quantitative estimate of drug-likeness (QED) is 0.336. The fourth-order valence-corrected chi connectivity index (χ4v) is 3.65. The van der Waals surface area contributed by atoms with E-state index in [4.69, 9.17) is 14.6 Å². The van der Waals surface area contributed by atoms with E-state index in [2.05, 4.69) is 32.6 Å². The number of carbonyl (C=O) groups is 1. The van der Waals surface area contributed by atoms with Crippen LogP contribution in [0, 0.1) is 0 Å². The van der Waals surface area contributed by atoms with E-state index in [1.165, 1.54) is 18.0 Å². The van der Waals surface area contributed by atoms with Gasteiger partial charge in [-0.1, -0.05) is 35.9 Å². The van der Waals surface area contributed by atoms with Crippen molar-refractivity contribution < 1.29 is 19.4 Å². The van der Waals surface area contributed by atoms with Crippen molar-refractivity contribution in [3.63, 3.8) is 0 Å². The molecule has 3 aromatic rings. The maximum absolute atomic E-state index is 13.2. The molecule has 1 aromatic heterocycles. The molecule has 2 aromatic carbocycles. The zero-order chi connectivity index (χ0) is 24.1. The number of rotatable bonds is 9. The number of carboxylic acids is 1. The van der Waals surface area contributed by atoms with Crippen molar-refractivity contribution in [2.75, 3.05) is 13.7 Å². The standard InChI is InChI=1S/C24H24BrN3O5/c1-5-6-16-9-15(10-20(32-4)22(16)33-13-21(29)30)12-26-28-23(14(2)3)27-19-8-7-17(25)11-18(19)24(28)31/h5,7-12,14H,1,6,13H2,2-4H3,(H,29,30). The molecule has 8 nitrogen and oxygen atoms in total. The van der Waals surface area contributed by atoms with E-state index >= 15 is 0 Å². The predicted molar refractivity (Wildman–Crippen MR) is 131 cm³/mol. The van der Waals surface area contributed by atoms with E-state index in [9.17, 15) is 9.59 Å². The summed E-state index contributed by atoms with van der Waals surface area (Å²) in [6.45, 7) is 7.13. The van der Waals surface area contributed by atoms with Crippen LogP contribution in [0.1, 0.15) is 36.7 Å². The Kier molecular flexibility index (Phi) is 7.65. The van der Waals surface area contributed by atoms with E-state index in [1.807, 2.05) is 19.9 Å². The first-order valence-corrected chi connectivity index (χ1v) is 11.0. The lowest BCUT2D eigenvalue weighted by atomic mass is 10.1. The van der Waals surface area contributed by atoms with Gasteiger partial charge in [-0.2, -0.15) is 9.78 Å². The SMILES string of the molecule is C=CCc1cc(C=Nn2c(C(C)C)nc3ccc(Br)cc3c2=O)cc(OC)c1OCC(=O)O. The number of nitrogens with zero attached hydrogens (tertiary/aromatic N) is 3. The number of aliphatic carboxylic acids is 1. The molecular formula is C24H24BrN3O5. The molecule has 33 heavy (non-hydrogen) atoms. The largest absolute Gasteiger partial charge is 0.493 e. The minimum Gasteiger partial charge on any atom is -0.493 e. The van der Waals surface area contributed by atoms with Crippen molar-refractivity contribution in [3.05, 3.63) is 74.8 Å². The number of hydrogen-bond acceptors (Lipinski definition) is 6. The van der Waals surface area contributed by atoms with Crippen LogP contribution >= 0.6 is 15.9 Å². The Hall–Kier alpha value is -3.46. The van der Waals surface area contributed by atoms with Crippen LogP contribution in [-0.4, -0.2) is 40.7 Å². The average Bonchev–Trinajstić information content (AvgIpc) is 2.77. The average molecular weight is 514 g/mol. The van der Waals surface area contributed by atoms with Crippen LogP contribution in [0.15, 0.2) is 57.4 Å². The van der Waals surface area contributed by atoms with Crippen LogP contribution in [-0.2, 0) is 11.2 Å². The summed E-state index contributed by atoms with van der Waals surface area (Å²) in [6.07, 6.45) is 3.64. The smallest absolute Gasteiger partial charge is 0.341 e. The third-order valence-electron chi connectivity index (χ3n) is 4.75. The maximum Gasteiger partial charge on any atom is 0.341 e. The molecule has 0 saturated carbocycles. The van der Waals surface area contributed by atoms with Gasteiger partial charge in [0.2, 0.25) is 0 Å². The lowest BCUT2D eigenvalue weighted by Crippen LogP contribution is -2.23. The van der Waals surface area contributed by atoms with Crippen molar-refractivity contribution >= 4 is 39.0 Å². The van der Waals surface area contributed by atoms with Crippen LogP contribution < -0.4 is 15.0 Å². The van der Waals surface area contributed by atoms with Gasteiger partial charge in [-0.3, -0.25) is 4.79 Å². The highest BCUT2D eigenvalue weighted by Crippen LogP contribution is 2.33. The molecule has 0 radical (unpaired) electrons. The van der Waals surface area contributed by atoms with Gasteiger partial charge in [0.15, 0.2) is 18.1 Å². The van der Waals surface area contributed by atoms with E-state index in [0.29, 0.717) is 45.8 Å². The van der Waals surface area contributed by atoms with Gasteiger partial charge in [-0.15, -0.1) is 6.58 Å². The molecule has 0 aliphatic heterocycles. The fraction of sp³-hybridized carbons (Fsp3) is 0.250. The van der Waals surface area contributed by atoms with Crippen LogP contribution in [0.5, 0.6) is 11.5 Å². The van der Waals surface area contributed by atoms with Gasteiger partial charge in [-0.25, -0.2) is 9.78 Å². The second-order valence-electron chi connectivity index (χ2n) is 7.53. The molecule has 0 aliphatic rings. The van der Waals surface area contributed by atoms with Crippen molar-refractivity contribution in [2.45, 2.75) is 26.2 Å². The van der Waals surface area contributed by atoms with Gasteiger partial charge in [-0.05, 0) is 42.3 Å². The summed E-state index contributed by atoms with van der Waals surface area (Å²) in [5, 5.41) is 13.9. The Balaban J connectivity index is 2.12. The maximum atomic E-state index is 13.2. The Bertz CT molecular complexity index is 1300. The number of halogens is 1. The molecule has 172 valence electrons. The molecule has 1 N–H and O–H groups in total. The molecule has 0 atom stereocenters. The molecule has 0 unspecified atom stereocenters. The van der Waals surface area contributed by atoms with E-state index in [-0.39, 0.29) is 11.5 Å². The second-order valence-corrected chi connectivity index (χ2v) is 8.45. The highest BCUT2D eigenvalue weighted by Gasteiger charge is 2.16. The van der Waals surface area contributed by atoms with Gasteiger partial charge in [0.05, 0.1) is 24.2 Å². The number of fused-ring (bicyclic) bond motifs is 1. The third-order valence-corrected chi connectivity index (χ3v) is 5.24. The summed E-state index contributed by atoms with van der Waals surface area (Å²) in [6, 6.07) is 8.81. The third kappa shape index (κ3) is 5.48. The zero-order valence-corrected chi connectivity index (χ0v) is 20.1. The number of aromatic nitrogens is 2. The van der Waals surface area contributed by atoms with E-state index in [1.54, 1.807) is 30.3 Å². The molecule has 0 amide bonds. The molecule has 0 bridgehead atoms.